The van der Waals surface area contributed by atoms with Crippen LogP contribution in [0.25, 0.3) is 16.5 Å². The van der Waals surface area contributed by atoms with Crippen LogP contribution in [0.15, 0.2) is 85.2 Å². The molecule has 4 aromatic rings. The molecule has 0 amide bonds. The highest BCUT2D eigenvalue weighted by Gasteiger charge is 2.07. The third kappa shape index (κ3) is 2.59. The molecule has 0 aliphatic carbocycles. The van der Waals surface area contributed by atoms with Crippen LogP contribution in [0.4, 0.5) is 0 Å². The number of phenols is 1. The maximum Gasteiger partial charge on any atom is 0.126 e. The van der Waals surface area contributed by atoms with Crippen LogP contribution in [0.1, 0.15) is 11.1 Å². The van der Waals surface area contributed by atoms with E-state index in [4.69, 9.17) is 0 Å². The predicted molar refractivity (Wildman–Crippen MR) is 94.2 cm³/mol. The van der Waals surface area contributed by atoms with Gasteiger partial charge in [-0.3, -0.25) is 0 Å². The molecular formula is C21H17NO. The lowest BCUT2D eigenvalue weighted by Crippen LogP contribution is -1.93. The largest absolute Gasteiger partial charge is 0.507 e. The normalized spacial score (nSPS) is 11.0. The van der Waals surface area contributed by atoms with E-state index in [9.17, 15) is 5.11 Å². The van der Waals surface area contributed by atoms with E-state index in [0.29, 0.717) is 5.75 Å². The summed E-state index contributed by atoms with van der Waals surface area (Å²) in [5.41, 5.74) is 3.28. The summed E-state index contributed by atoms with van der Waals surface area (Å²) in [4.78, 5) is 0. The number of aromatic nitrogens is 1. The fraction of sp³-hybridized carbons (Fsp3) is 0.0476. The number of phenolic OH excluding ortho intramolecular Hbond substituents is 1. The number of aromatic hydroxyl groups is 1. The minimum absolute atomic E-state index is 0.387. The lowest BCUT2D eigenvalue weighted by Gasteiger charge is -2.09. The van der Waals surface area contributed by atoms with Crippen molar-refractivity contribution in [3.8, 4) is 11.4 Å². The van der Waals surface area contributed by atoms with Gasteiger partial charge < -0.3 is 9.67 Å². The van der Waals surface area contributed by atoms with Crippen molar-refractivity contribution in [1.82, 2.24) is 4.57 Å². The lowest BCUT2D eigenvalue weighted by molar-refractivity contribution is 0.476. The summed E-state index contributed by atoms with van der Waals surface area (Å²) in [6, 6.07) is 24.5. The number of fused-ring (bicyclic) bond motifs is 1. The second kappa shape index (κ2) is 5.65. The van der Waals surface area contributed by atoms with Crippen molar-refractivity contribution in [3.05, 3.63) is 96.3 Å². The van der Waals surface area contributed by atoms with Gasteiger partial charge in [-0.1, -0.05) is 48.5 Å². The smallest absolute Gasteiger partial charge is 0.126 e. The minimum Gasteiger partial charge on any atom is -0.507 e. The fourth-order valence-corrected chi connectivity index (χ4v) is 2.96. The average molecular weight is 299 g/mol. The van der Waals surface area contributed by atoms with Crippen LogP contribution in [-0.4, -0.2) is 9.67 Å². The molecule has 4 rings (SSSR count). The summed E-state index contributed by atoms with van der Waals surface area (Å²) in [5.74, 6) is 0.387. The summed E-state index contributed by atoms with van der Waals surface area (Å²) >= 11 is 0. The Morgan fingerprint density at radius 3 is 2.26 bits per heavy atom. The van der Waals surface area contributed by atoms with Crippen LogP contribution in [0.3, 0.4) is 0 Å². The van der Waals surface area contributed by atoms with Gasteiger partial charge in [-0.2, -0.15) is 0 Å². The van der Waals surface area contributed by atoms with Crippen molar-refractivity contribution in [2.24, 2.45) is 0 Å². The number of nitrogens with zero attached hydrogens (tertiary/aromatic N) is 1. The Labute approximate surface area is 135 Å². The van der Waals surface area contributed by atoms with Crippen molar-refractivity contribution in [2.45, 2.75) is 6.42 Å². The summed E-state index contributed by atoms with van der Waals surface area (Å²) in [6.07, 6.45) is 4.79. The second-order valence-corrected chi connectivity index (χ2v) is 5.73. The molecule has 2 heteroatoms. The molecule has 0 atom stereocenters. The maximum atomic E-state index is 10.5. The molecule has 112 valence electrons. The molecule has 0 radical (unpaired) electrons. The zero-order valence-corrected chi connectivity index (χ0v) is 12.7. The Morgan fingerprint density at radius 2 is 1.48 bits per heavy atom. The van der Waals surface area contributed by atoms with Gasteiger partial charge in [0.15, 0.2) is 0 Å². The first-order valence-electron chi connectivity index (χ1n) is 7.73. The molecule has 1 N–H and O–H groups in total. The maximum absolute atomic E-state index is 10.5. The molecule has 0 unspecified atom stereocenters. The molecule has 0 saturated heterocycles. The Morgan fingerprint density at radius 1 is 0.739 bits per heavy atom. The zero-order chi connectivity index (χ0) is 15.6. The predicted octanol–water partition coefficient (Wildman–Crippen LogP) is 4.93. The van der Waals surface area contributed by atoms with Gasteiger partial charge >= 0.3 is 0 Å². The third-order valence-corrected chi connectivity index (χ3v) is 4.22. The summed E-state index contributed by atoms with van der Waals surface area (Å²) in [5, 5.41) is 12.5. The van der Waals surface area contributed by atoms with Gasteiger partial charge in [0.2, 0.25) is 0 Å². The summed E-state index contributed by atoms with van der Waals surface area (Å²) < 4.78 is 2.08. The first-order valence-corrected chi connectivity index (χ1v) is 7.73. The molecule has 3 aromatic carbocycles. The monoisotopic (exact) mass is 299 g/mol. The highest BCUT2D eigenvalue weighted by atomic mass is 16.3. The van der Waals surface area contributed by atoms with Crippen LogP contribution in [0, 0.1) is 0 Å². The fourth-order valence-electron chi connectivity index (χ4n) is 2.96. The van der Waals surface area contributed by atoms with Crippen molar-refractivity contribution in [2.75, 3.05) is 0 Å². The van der Waals surface area contributed by atoms with Gasteiger partial charge in [-0.05, 0) is 40.8 Å². The van der Waals surface area contributed by atoms with Crippen molar-refractivity contribution >= 4 is 10.8 Å². The van der Waals surface area contributed by atoms with Crippen LogP contribution in [-0.2, 0) is 6.42 Å². The first-order chi connectivity index (χ1) is 11.3. The van der Waals surface area contributed by atoms with Gasteiger partial charge in [-0.25, -0.2) is 0 Å². The molecule has 2 nitrogen and oxygen atoms in total. The zero-order valence-electron chi connectivity index (χ0n) is 12.7. The Hall–Kier alpha value is -3.00. The molecule has 1 aromatic heterocycles. The number of benzene rings is 3. The van der Waals surface area contributed by atoms with Gasteiger partial charge in [0.1, 0.15) is 5.75 Å². The van der Waals surface area contributed by atoms with E-state index in [2.05, 4.69) is 34.9 Å². The molecule has 0 aliphatic heterocycles. The Kier molecular flexibility index (Phi) is 3.35. The van der Waals surface area contributed by atoms with E-state index in [1.165, 1.54) is 5.56 Å². The minimum atomic E-state index is 0.387. The highest BCUT2D eigenvalue weighted by Crippen LogP contribution is 2.30. The van der Waals surface area contributed by atoms with Crippen molar-refractivity contribution in [1.29, 1.82) is 0 Å². The molecule has 0 spiro atoms. The molecule has 1 heterocycles. The average Bonchev–Trinajstić information content (AvgIpc) is 3.13. The van der Waals surface area contributed by atoms with Crippen molar-refractivity contribution < 1.29 is 5.11 Å². The molecule has 0 aliphatic rings. The van der Waals surface area contributed by atoms with E-state index < -0.39 is 0 Å². The first kappa shape index (κ1) is 13.6. The standard InChI is InChI=1S/C21H17NO/c23-21-18(10-9-17-5-1-2-6-20(17)21)15-16-7-11-19(12-8-16)22-13-3-4-14-22/h1-14,23H,15H2. The van der Waals surface area contributed by atoms with E-state index >= 15 is 0 Å². The topological polar surface area (TPSA) is 25.2 Å². The second-order valence-electron chi connectivity index (χ2n) is 5.73. The van der Waals surface area contributed by atoms with E-state index in [0.717, 1.165) is 28.4 Å². The van der Waals surface area contributed by atoms with Crippen LogP contribution in [0.2, 0.25) is 0 Å². The molecule has 0 saturated carbocycles. The van der Waals surface area contributed by atoms with E-state index in [-0.39, 0.29) is 0 Å². The highest BCUT2D eigenvalue weighted by molar-refractivity contribution is 5.89. The van der Waals surface area contributed by atoms with Crippen LogP contribution < -0.4 is 0 Å². The Balaban J connectivity index is 1.64. The van der Waals surface area contributed by atoms with Crippen molar-refractivity contribution in [3.63, 3.8) is 0 Å². The quantitative estimate of drug-likeness (QED) is 0.570. The molecule has 0 bridgehead atoms. The van der Waals surface area contributed by atoms with Gasteiger partial charge in [0, 0.05) is 29.9 Å². The molecular weight excluding hydrogens is 282 g/mol. The number of hydrogen-bond acceptors (Lipinski definition) is 1. The van der Waals surface area contributed by atoms with Gasteiger partial charge in [-0.15, -0.1) is 0 Å². The van der Waals surface area contributed by atoms with E-state index in [1.54, 1.807) is 0 Å². The molecule has 23 heavy (non-hydrogen) atoms. The van der Waals surface area contributed by atoms with Crippen LogP contribution in [0.5, 0.6) is 5.75 Å². The molecule has 0 fully saturated rings. The SMILES string of the molecule is Oc1c(Cc2ccc(-n3cccc3)cc2)ccc2ccccc12. The van der Waals surface area contributed by atoms with Gasteiger partial charge in [0.05, 0.1) is 0 Å². The summed E-state index contributed by atoms with van der Waals surface area (Å²) in [7, 11) is 0. The van der Waals surface area contributed by atoms with E-state index in [1.807, 2.05) is 54.9 Å². The Bertz CT molecular complexity index is 937. The third-order valence-electron chi connectivity index (χ3n) is 4.22. The number of rotatable bonds is 3. The van der Waals surface area contributed by atoms with Crippen LogP contribution >= 0.6 is 0 Å². The summed E-state index contributed by atoms with van der Waals surface area (Å²) in [6.45, 7) is 0. The number of hydrogen-bond donors (Lipinski definition) is 1. The lowest BCUT2D eigenvalue weighted by atomic mass is 9.99. The van der Waals surface area contributed by atoms with Gasteiger partial charge in [0.25, 0.3) is 0 Å².